The molecule has 2 nitrogen and oxygen atoms in total. The van der Waals surface area contributed by atoms with Crippen LogP contribution in [0.1, 0.15) is 52.4 Å². The molecule has 0 amide bonds. The Bertz CT molecular complexity index is 244. The van der Waals surface area contributed by atoms with Crippen molar-refractivity contribution in [1.82, 2.24) is 5.32 Å². The predicted molar refractivity (Wildman–Crippen MR) is 68.6 cm³/mol. The van der Waals surface area contributed by atoms with Crippen LogP contribution in [-0.4, -0.2) is 22.5 Å². The van der Waals surface area contributed by atoms with Crippen LogP contribution in [-0.2, 0) is 0 Å². The van der Waals surface area contributed by atoms with Crippen molar-refractivity contribution >= 4 is 16.9 Å². The van der Waals surface area contributed by atoms with E-state index in [2.05, 4.69) is 19.2 Å². The van der Waals surface area contributed by atoms with E-state index in [-0.39, 0.29) is 0 Å². The molecule has 1 heterocycles. The molecular weight excluding hydrogens is 204 g/mol. The lowest BCUT2D eigenvalue weighted by molar-refractivity contribution is 0.303. The van der Waals surface area contributed by atoms with Crippen molar-refractivity contribution in [1.29, 1.82) is 0 Å². The van der Waals surface area contributed by atoms with Crippen LogP contribution in [0.25, 0.3) is 0 Å². The molecular formula is C12H22N2S. The second-order valence-electron chi connectivity index (χ2n) is 4.95. The number of aliphatic imine (C=N–C) groups is 1. The summed E-state index contributed by atoms with van der Waals surface area (Å²) >= 11 is 1.93. The molecule has 0 aromatic heterocycles. The zero-order valence-electron chi connectivity index (χ0n) is 9.88. The summed E-state index contributed by atoms with van der Waals surface area (Å²) in [4.78, 5) is 4.71. The van der Waals surface area contributed by atoms with Gasteiger partial charge >= 0.3 is 0 Å². The average Bonchev–Trinajstić information content (AvgIpc) is 2.62. The van der Waals surface area contributed by atoms with Gasteiger partial charge in [-0.25, -0.2) is 0 Å². The van der Waals surface area contributed by atoms with Crippen molar-refractivity contribution in [2.24, 2.45) is 4.99 Å². The summed E-state index contributed by atoms with van der Waals surface area (Å²) in [6.45, 7) is 4.39. The average molecular weight is 226 g/mol. The molecule has 86 valence electrons. The Morgan fingerprint density at radius 3 is 2.80 bits per heavy atom. The van der Waals surface area contributed by atoms with Crippen LogP contribution in [0.2, 0.25) is 0 Å². The first-order valence-corrected chi connectivity index (χ1v) is 7.21. The van der Waals surface area contributed by atoms with Gasteiger partial charge < -0.3 is 5.32 Å². The zero-order chi connectivity index (χ0) is 10.7. The van der Waals surface area contributed by atoms with Gasteiger partial charge in [0, 0.05) is 17.3 Å². The summed E-state index contributed by atoms with van der Waals surface area (Å²) in [5.74, 6) is 1.24. The van der Waals surface area contributed by atoms with Gasteiger partial charge in [-0.2, -0.15) is 0 Å². The van der Waals surface area contributed by atoms with Crippen LogP contribution < -0.4 is 5.32 Å². The highest BCUT2D eigenvalue weighted by Gasteiger charge is 2.38. The zero-order valence-corrected chi connectivity index (χ0v) is 10.7. The second-order valence-corrected chi connectivity index (χ2v) is 5.91. The second kappa shape index (κ2) is 4.77. The molecule has 0 aromatic carbocycles. The molecule has 1 unspecified atom stereocenters. The number of amidine groups is 1. The molecule has 2 fully saturated rings. The molecule has 1 aliphatic heterocycles. The normalized spacial score (nSPS) is 29.3. The molecule has 3 heteroatoms. The molecule has 2 rings (SSSR count). The monoisotopic (exact) mass is 226 g/mol. The molecule has 1 saturated heterocycles. The minimum absolute atomic E-state index is 0.412. The Morgan fingerprint density at radius 1 is 1.40 bits per heavy atom. The minimum Gasteiger partial charge on any atom is -0.359 e. The van der Waals surface area contributed by atoms with Crippen molar-refractivity contribution in [3.8, 4) is 0 Å². The summed E-state index contributed by atoms with van der Waals surface area (Å²) < 4.78 is 0. The first kappa shape index (κ1) is 11.3. The number of thioether (sulfide) groups is 1. The summed E-state index contributed by atoms with van der Waals surface area (Å²) in [5, 5.41) is 4.88. The Labute approximate surface area is 97.3 Å². The number of nitrogens with one attached hydrogen (secondary N) is 1. The third-order valence-electron chi connectivity index (χ3n) is 3.60. The van der Waals surface area contributed by atoms with E-state index >= 15 is 0 Å². The topological polar surface area (TPSA) is 24.4 Å². The van der Waals surface area contributed by atoms with Crippen molar-refractivity contribution in [2.45, 2.75) is 64.0 Å². The quantitative estimate of drug-likeness (QED) is 0.782. The van der Waals surface area contributed by atoms with Crippen LogP contribution in [0.5, 0.6) is 0 Å². The highest BCUT2D eigenvalue weighted by molar-refractivity contribution is 8.14. The third kappa shape index (κ3) is 2.68. The van der Waals surface area contributed by atoms with E-state index < -0.39 is 0 Å². The fraction of sp³-hybridized carbons (Fsp3) is 0.917. The van der Waals surface area contributed by atoms with E-state index in [1.165, 1.54) is 43.0 Å². The van der Waals surface area contributed by atoms with Crippen LogP contribution in [0.3, 0.4) is 0 Å². The largest absolute Gasteiger partial charge is 0.359 e. The standard InChI is InChI=1S/C12H22N2S/c1-3-10(2)13-11-14-12(9-15-11)7-5-4-6-8-12/h10H,3-9H2,1-2H3,(H,13,14). The SMILES string of the molecule is CCC(C)N=C1NC2(CCCCC2)CS1. The van der Waals surface area contributed by atoms with Crippen molar-refractivity contribution in [3.63, 3.8) is 0 Å². The van der Waals surface area contributed by atoms with Gasteiger partial charge in [0.05, 0.1) is 0 Å². The first-order valence-electron chi connectivity index (χ1n) is 6.23. The first-order chi connectivity index (χ1) is 7.24. The maximum Gasteiger partial charge on any atom is 0.157 e. The van der Waals surface area contributed by atoms with Crippen LogP contribution >= 0.6 is 11.8 Å². The van der Waals surface area contributed by atoms with Gasteiger partial charge in [0.15, 0.2) is 5.17 Å². The lowest BCUT2D eigenvalue weighted by Crippen LogP contribution is -2.45. The van der Waals surface area contributed by atoms with Gasteiger partial charge in [-0.3, -0.25) is 4.99 Å². The van der Waals surface area contributed by atoms with Crippen LogP contribution in [0.15, 0.2) is 4.99 Å². The van der Waals surface area contributed by atoms with Crippen molar-refractivity contribution in [2.75, 3.05) is 5.75 Å². The number of nitrogens with zero attached hydrogens (tertiary/aromatic N) is 1. The fourth-order valence-corrected chi connectivity index (χ4v) is 3.68. The molecule has 0 radical (unpaired) electrons. The summed E-state index contributed by atoms with van der Waals surface area (Å²) in [7, 11) is 0. The Morgan fingerprint density at radius 2 is 2.13 bits per heavy atom. The summed E-state index contributed by atoms with van der Waals surface area (Å²) in [5.41, 5.74) is 0.412. The molecule has 1 spiro atoms. The van der Waals surface area contributed by atoms with Crippen molar-refractivity contribution < 1.29 is 0 Å². The van der Waals surface area contributed by atoms with Gasteiger partial charge in [0.2, 0.25) is 0 Å². The maximum atomic E-state index is 4.71. The minimum atomic E-state index is 0.412. The van der Waals surface area contributed by atoms with Crippen LogP contribution in [0, 0.1) is 0 Å². The molecule has 0 bridgehead atoms. The number of hydrogen-bond acceptors (Lipinski definition) is 2. The Hall–Kier alpha value is -0.180. The lowest BCUT2D eigenvalue weighted by atomic mass is 9.83. The number of rotatable bonds is 2. The van der Waals surface area contributed by atoms with Gasteiger partial charge in [0.1, 0.15) is 0 Å². The molecule has 0 aromatic rings. The maximum absolute atomic E-state index is 4.71. The third-order valence-corrected chi connectivity index (χ3v) is 4.77. The van der Waals surface area contributed by atoms with E-state index in [0.717, 1.165) is 6.42 Å². The van der Waals surface area contributed by atoms with Gasteiger partial charge in [-0.05, 0) is 26.2 Å². The molecule has 1 saturated carbocycles. The highest BCUT2D eigenvalue weighted by Crippen LogP contribution is 2.36. The molecule has 2 aliphatic rings. The fourth-order valence-electron chi connectivity index (χ4n) is 2.36. The summed E-state index contributed by atoms with van der Waals surface area (Å²) in [6.07, 6.45) is 8.04. The molecule has 1 aliphatic carbocycles. The Balaban J connectivity index is 1.96. The van der Waals surface area contributed by atoms with Crippen molar-refractivity contribution in [3.05, 3.63) is 0 Å². The van der Waals surface area contributed by atoms with Gasteiger partial charge in [-0.15, -0.1) is 0 Å². The smallest absolute Gasteiger partial charge is 0.157 e. The molecule has 1 N–H and O–H groups in total. The van der Waals surface area contributed by atoms with E-state index in [4.69, 9.17) is 4.99 Å². The van der Waals surface area contributed by atoms with E-state index in [0.29, 0.717) is 11.6 Å². The highest BCUT2D eigenvalue weighted by atomic mass is 32.2. The predicted octanol–water partition coefficient (Wildman–Crippen LogP) is 3.18. The lowest BCUT2D eigenvalue weighted by Gasteiger charge is -2.32. The van der Waals surface area contributed by atoms with Gasteiger partial charge in [0.25, 0.3) is 0 Å². The summed E-state index contributed by atoms with van der Waals surface area (Å²) in [6, 6.07) is 0.471. The van der Waals surface area contributed by atoms with E-state index in [9.17, 15) is 0 Å². The van der Waals surface area contributed by atoms with Crippen LogP contribution in [0.4, 0.5) is 0 Å². The van der Waals surface area contributed by atoms with E-state index in [1.807, 2.05) is 11.8 Å². The number of hydrogen-bond donors (Lipinski definition) is 1. The van der Waals surface area contributed by atoms with Gasteiger partial charge in [-0.1, -0.05) is 37.9 Å². The molecule has 1 atom stereocenters. The Kier molecular flexibility index (Phi) is 3.60. The van der Waals surface area contributed by atoms with E-state index in [1.54, 1.807) is 0 Å². The molecule has 15 heavy (non-hydrogen) atoms.